The summed E-state index contributed by atoms with van der Waals surface area (Å²) < 4.78 is 0. The number of carbonyl (C=O) groups is 2. The third-order valence-electron chi connectivity index (χ3n) is 0. The molecule has 0 atom stereocenters. The Morgan fingerprint density at radius 2 is 1.00 bits per heavy atom. The summed E-state index contributed by atoms with van der Waals surface area (Å²) >= 11 is 0. The standard InChI is InChI=1S/2C2H4O2.Ag.Cu/c2*1-2(3)4;;/h2*1H3,(H,3,4);;/q;;+1;+2/p-2. The topological polar surface area (TPSA) is 80.3 Å². The number of hydrogen-bond donors (Lipinski definition) is 0. The van der Waals surface area contributed by atoms with E-state index in [9.17, 15) is 0 Å². The van der Waals surface area contributed by atoms with Gasteiger partial charge >= 0.3 is 39.4 Å². The first kappa shape index (κ1) is 22.5. The Labute approximate surface area is 85.0 Å². The van der Waals surface area contributed by atoms with Crippen LogP contribution in [0.2, 0.25) is 0 Å². The Morgan fingerprint density at radius 3 is 1.00 bits per heavy atom. The van der Waals surface area contributed by atoms with Crippen LogP contribution >= 0.6 is 0 Å². The summed E-state index contributed by atoms with van der Waals surface area (Å²) in [5.74, 6) is -2.17. The molecule has 4 nitrogen and oxygen atoms in total. The third-order valence-corrected chi connectivity index (χ3v) is 0. The van der Waals surface area contributed by atoms with Crippen LogP contribution in [-0.4, -0.2) is 11.9 Å². The summed E-state index contributed by atoms with van der Waals surface area (Å²) in [5, 5.41) is 17.8. The van der Waals surface area contributed by atoms with Crippen LogP contribution in [0.15, 0.2) is 0 Å². The van der Waals surface area contributed by atoms with Crippen molar-refractivity contribution >= 4 is 11.9 Å². The molecule has 0 unspecified atom stereocenters. The molecule has 0 saturated carbocycles. The van der Waals surface area contributed by atoms with Gasteiger partial charge < -0.3 is 19.8 Å². The Balaban J connectivity index is -0.0000000300. The van der Waals surface area contributed by atoms with Crippen molar-refractivity contribution in [2.75, 3.05) is 0 Å². The van der Waals surface area contributed by atoms with E-state index in [2.05, 4.69) is 0 Å². The van der Waals surface area contributed by atoms with Crippen LogP contribution in [0, 0.1) is 0 Å². The summed E-state index contributed by atoms with van der Waals surface area (Å²) in [7, 11) is 0. The van der Waals surface area contributed by atoms with Crippen LogP contribution < -0.4 is 10.2 Å². The normalized spacial score (nSPS) is 5.00. The molecule has 6 heteroatoms. The zero-order valence-electron chi connectivity index (χ0n) is 5.24. The van der Waals surface area contributed by atoms with E-state index >= 15 is 0 Å². The van der Waals surface area contributed by atoms with Crippen molar-refractivity contribution < 1.29 is 59.3 Å². The van der Waals surface area contributed by atoms with Crippen molar-refractivity contribution in [1.82, 2.24) is 0 Å². The fourth-order valence-corrected chi connectivity index (χ4v) is 0. The molecule has 0 saturated heterocycles. The minimum absolute atomic E-state index is 0. The van der Waals surface area contributed by atoms with Crippen LogP contribution in [0.1, 0.15) is 13.8 Å². The van der Waals surface area contributed by atoms with Gasteiger partial charge in [-0.3, -0.25) is 0 Å². The molecule has 0 aromatic carbocycles. The number of carboxylic acids is 2. The summed E-state index contributed by atoms with van der Waals surface area (Å²) in [5.41, 5.74) is 0. The average molecular weight is 290 g/mol. The first-order valence-corrected chi connectivity index (χ1v) is 1.82. The maximum Gasteiger partial charge on any atom is 2.00 e. The van der Waals surface area contributed by atoms with Crippen LogP contribution in [0.4, 0.5) is 0 Å². The van der Waals surface area contributed by atoms with E-state index in [4.69, 9.17) is 19.8 Å². The van der Waals surface area contributed by atoms with Crippen molar-refractivity contribution in [3.05, 3.63) is 0 Å². The molecule has 0 aliphatic carbocycles. The molecule has 10 heavy (non-hydrogen) atoms. The molecule has 0 bridgehead atoms. The van der Waals surface area contributed by atoms with Crippen molar-refractivity contribution in [2.45, 2.75) is 13.8 Å². The van der Waals surface area contributed by atoms with E-state index in [0.29, 0.717) is 0 Å². The number of aliphatic carboxylic acids is 2. The van der Waals surface area contributed by atoms with Gasteiger partial charge in [-0.15, -0.1) is 0 Å². The van der Waals surface area contributed by atoms with Crippen molar-refractivity contribution in [3.63, 3.8) is 0 Å². The van der Waals surface area contributed by atoms with E-state index in [1.54, 1.807) is 0 Å². The molecule has 0 N–H and O–H groups in total. The van der Waals surface area contributed by atoms with E-state index in [-0.39, 0.29) is 39.4 Å². The van der Waals surface area contributed by atoms with Crippen LogP contribution in [0.25, 0.3) is 0 Å². The largest absolute Gasteiger partial charge is 2.00 e. The van der Waals surface area contributed by atoms with Gasteiger partial charge in [-0.2, -0.15) is 0 Å². The molecule has 0 fully saturated rings. The fourth-order valence-electron chi connectivity index (χ4n) is 0. The van der Waals surface area contributed by atoms with E-state index in [1.807, 2.05) is 0 Å². The molecule has 0 amide bonds. The molecule has 0 rings (SSSR count). The van der Waals surface area contributed by atoms with Gasteiger partial charge in [0, 0.05) is 11.9 Å². The van der Waals surface area contributed by atoms with Gasteiger partial charge in [-0.25, -0.2) is 0 Å². The first-order valence-electron chi connectivity index (χ1n) is 1.82. The molecule has 0 aliphatic rings. The van der Waals surface area contributed by atoms with Gasteiger partial charge in [0.05, 0.1) is 0 Å². The van der Waals surface area contributed by atoms with E-state index in [0.717, 1.165) is 13.8 Å². The van der Waals surface area contributed by atoms with Crippen molar-refractivity contribution in [2.24, 2.45) is 0 Å². The smallest absolute Gasteiger partial charge is 0.550 e. The summed E-state index contributed by atoms with van der Waals surface area (Å²) in [4.78, 5) is 17.8. The Kier molecular flexibility index (Phi) is 36.1. The zero-order valence-corrected chi connectivity index (χ0v) is 7.66. The molecule has 0 heterocycles. The number of rotatable bonds is 0. The van der Waals surface area contributed by atoms with Gasteiger partial charge in [0.1, 0.15) is 0 Å². The number of carbonyl (C=O) groups excluding carboxylic acids is 2. The summed E-state index contributed by atoms with van der Waals surface area (Å²) in [6.07, 6.45) is 0. The maximum atomic E-state index is 8.89. The Morgan fingerprint density at radius 1 is 1.00 bits per heavy atom. The minimum Gasteiger partial charge on any atom is -0.550 e. The second kappa shape index (κ2) is 16.1. The van der Waals surface area contributed by atoms with Gasteiger partial charge in [0.2, 0.25) is 0 Å². The Hall–Kier alpha value is 0.200. The van der Waals surface area contributed by atoms with Crippen molar-refractivity contribution in [3.8, 4) is 0 Å². The zero-order chi connectivity index (χ0) is 7.15. The fraction of sp³-hybridized carbons (Fsp3) is 0.500. The van der Waals surface area contributed by atoms with Crippen molar-refractivity contribution in [1.29, 1.82) is 0 Å². The van der Waals surface area contributed by atoms with E-state index < -0.39 is 11.9 Å². The van der Waals surface area contributed by atoms with Crippen LogP contribution in [0.3, 0.4) is 0 Å². The average Bonchev–Trinajstić information content (AvgIpc) is 1.25. The van der Waals surface area contributed by atoms with Gasteiger partial charge in [0.15, 0.2) is 0 Å². The molecular formula is C4H6AgCuO4+. The minimum atomic E-state index is -1.08. The molecule has 0 aromatic rings. The Bertz CT molecular complexity index is 75.3. The van der Waals surface area contributed by atoms with E-state index in [1.165, 1.54) is 0 Å². The molecule has 1 radical (unpaired) electrons. The predicted molar refractivity (Wildman–Crippen MR) is 21.4 cm³/mol. The quantitative estimate of drug-likeness (QED) is 0.462. The molecule has 0 aromatic heterocycles. The SMILES string of the molecule is CC(=O)[O-].CC(=O)[O-].[Ag+].[Cu+2]. The number of carboxylic acid groups (broad SMARTS) is 2. The predicted octanol–water partition coefficient (Wildman–Crippen LogP) is -2.49. The third kappa shape index (κ3) is 10700. The molecule has 0 aliphatic heterocycles. The van der Waals surface area contributed by atoms with Crippen LogP contribution in [-0.2, 0) is 49.0 Å². The second-order valence-corrected chi connectivity index (χ2v) is 0.983. The van der Waals surface area contributed by atoms with Gasteiger partial charge in [0.25, 0.3) is 0 Å². The van der Waals surface area contributed by atoms with Crippen LogP contribution in [0.5, 0.6) is 0 Å². The van der Waals surface area contributed by atoms with Gasteiger partial charge in [-0.1, -0.05) is 0 Å². The molecule has 0 spiro atoms. The maximum absolute atomic E-state index is 8.89. The van der Waals surface area contributed by atoms with Gasteiger partial charge in [-0.05, 0) is 13.8 Å². The second-order valence-electron chi connectivity index (χ2n) is 0.983. The monoisotopic (exact) mass is 288 g/mol. The molecular weight excluding hydrogens is 283 g/mol. The number of hydrogen-bond acceptors (Lipinski definition) is 4. The first-order chi connectivity index (χ1) is 3.46. The summed E-state index contributed by atoms with van der Waals surface area (Å²) in [6, 6.07) is 0. The molecule has 67 valence electrons. The summed E-state index contributed by atoms with van der Waals surface area (Å²) in [6.45, 7) is 1.94.